The molecule has 0 aliphatic carbocycles. The molecule has 2 atom stereocenters. The molecule has 2 aromatic rings. The minimum absolute atomic E-state index is 0.121. The van der Waals surface area contributed by atoms with Crippen LogP contribution in [0.2, 0.25) is 0 Å². The van der Waals surface area contributed by atoms with Gasteiger partial charge >= 0.3 is 0 Å². The standard InChI is InChI=1S/C19H21NO2/c1-2-6-15(7-3-1)14-20-11-13-22-19-16-8-4-5-9-18(16)21-12-10-17(19)20/h1-9,17,19H,10-14H2/t17-,19-/m0/s1. The molecular formula is C19H21NO2. The summed E-state index contributed by atoms with van der Waals surface area (Å²) in [5.41, 5.74) is 2.56. The molecule has 2 aromatic carbocycles. The van der Waals surface area contributed by atoms with Crippen LogP contribution in [0.3, 0.4) is 0 Å². The Morgan fingerprint density at radius 3 is 2.68 bits per heavy atom. The Bertz CT molecular complexity index is 628. The van der Waals surface area contributed by atoms with E-state index in [1.165, 1.54) is 11.1 Å². The molecule has 0 bridgehead atoms. The van der Waals surface area contributed by atoms with Gasteiger partial charge in [0.05, 0.1) is 13.2 Å². The highest BCUT2D eigenvalue weighted by molar-refractivity contribution is 5.37. The number of hydrogen-bond acceptors (Lipinski definition) is 3. The molecule has 22 heavy (non-hydrogen) atoms. The molecule has 114 valence electrons. The molecule has 2 aliphatic heterocycles. The van der Waals surface area contributed by atoms with E-state index in [4.69, 9.17) is 9.47 Å². The highest BCUT2D eigenvalue weighted by atomic mass is 16.5. The molecule has 3 heteroatoms. The lowest BCUT2D eigenvalue weighted by atomic mass is 9.96. The Balaban J connectivity index is 1.61. The van der Waals surface area contributed by atoms with Crippen molar-refractivity contribution in [2.45, 2.75) is 25.1 Å². The van der Waals surface area contributed by atoms with E-state index in [1.807, 2.05) is 6.07 Å². The maximum Gasteiger partial charge on any atom is 0.125 e. The van der Waals surface area contributed by atoms with Crippen LogP contribution in [0.1, 0.15) is 23.7 Å². The Hall–Kier alpha value is -1.84. The average Bonchev–Trinajstić information content (AvgIpc) is 2.76. The lowest BCUT2D eigenvalue weighted by Gasteiger charge is -2.40. The third-order valence-corrected chi connectivity index (χ3v) is 4.62. The fourth-order valence-corrected chi connectivity index (χ4v) is 3.55. The lowest BCUT2D eigenvalue weighted by molar-refractivity contribution is -0.0777. The molecule has 0 unspecified atom stereocenters. The summed E-state index contributed by atoms with van der Waals surface area (Å²) in [6.07, 6.45) is 1.13. The summed E-state index contributed by atoms with van der Waals surface area (Å²) in [5, 5.41) is 0. The second kappa shape index (κ2) is 6.11. The SMILES string of the molecule is c1ccc(CN2CCO[C@H]3c4ccccc4OCC[C@@H]32)cc1. The van der Waals surface area contributed by atoms with E-state index in [0.29, 0.717) is 6.04 Å². The molecule has 1 saturated heterocycles. The Morgan fingerprint density at radius 2 is 1.77 bits per heavy atom. The number of hydrogen-bond donors (Lipinski definition) is 0. The maximum atomic E-state index is 6.13. The summed E-state index contributed by atoms with van der Waals surface area (Å²) in [6.45, 7) is 3.50. The zero-order valence-electron chi connectivity index (χ0n) is 12.7. The van der Waals surface area contributed by atoms with Crippen LogP contribution in [-0.2, 0) is 11.3 Å². The van der Waals surface area contributed by atoms with Gasteiger partial charge in [-0.05, 0) is 18.1 Å². The van der Waals surface area contributed by atoms with Crippen LogP contribution >= 0.6 is 0 Å². The number of nitrogens with zero attached hydrogens (tertiary/aromatic N) is 1. The first-order valence-corrected chi connectivity index (χ1v) is 8.03. The van der Waals surface area contributed by atoms with Gasteiger partial charge in [0.1, 0.15) is 11.9 Å². The summed E-state index contributed by atoms with van der Waals surface area (Å²) < 4.78 is 12.1. The minimum Gasteiger partial charge on any atom is -0.493 e. The molecule has 0 N–H and O–H groups in total. The summed E-state index contributed by atoms with van der Waals surface area (Å²) in [6, 6.07) is 19.4. The first-order chi connectivity index (χ1) is 10.9. The summed E-state index contributed by atoms with van der Waals surface area (Å²) in [7, 11) is 0. The molecule has 3 nitrogen and oxygen atoms in total. The maximum absolute atomic E-state index is 6.13. The smallest absolute Gasteiger partial charge is 0.125 e. The molecule has 0 saturated carbocycles. The van der Waals surface area contributed by atoms with Gasteiger partial charge in [-0.15, -0.1) is 0 Å². The number of benzene rings is 2. The van der Waals surface area contributed by atoms with E-state index >= 15 is 0 Å². The Labute approximate surface area is 131 Å². The fourth-order valence-electron chi connectivity index (χ4n) is 3.55. The Kier molecular flexibility index (Phi) is 3.83. The van der Waals surface area contributed by atoms with Crippen molar-refractivity contribution in [3.05, 3.63) is 65.7 Å². The van der Waals surface area contributed by atoms with E-state index in [9.17, 15) is 0 Å². The van der Waals surface area contributed by atoms with E-state index < -0.39 is 0 Å². The third-order valence-electron chi connectivity index (χ3n) is 4.62. The van der Waals surface area contributed by atoms with Gasteiger partial charge in [-0.3, -0.25) is 4.90 Å². The minimum atomic E-state index is 0.121. The molecule has 2 heterocycles. The van der Waals surface area contributed by atoms with Crippen molar-refractivity contribution in [1.82, 2.24) is 4.90 Å². The van der Waals surface area contributed by atoms with Gasteiger partial charge in [0.2, 0.25) is 0 Å². The first-order valence-electron chi connectivity index (χ1n) is 8.03. The largest absolute Gasteiger partial charge is 0.493 e. The molecule has 0 aromatic heterocycles. The quantitative estimate of drug-likeness (QED) is 0.847. The monoisotopic (exact) mass is 295 g/mol. The van der Waals surface area contributed by atoms with Crippen LogP contribution in [0.4, 0.5) is 0 Å². The van der Waals surface area contributed by atoms with Gasteiger partial charge in [-0.25, -0.2) is 0 Å². The van der Waals surface area contributed by atoms with Crippen molar-refractivity contribution in [3.8, 4) is 5.75 Å². The van der Waals surface area contributed by atoms with Crippen LogP contribution < -0.4 is 4.74 Å². The molecule has 1 fully saturated rings. The number of para-hydroxylation sites is 1. The van der Waals surface area contributed by atoms with E-state index in [-0.39, 0.29) is 6.10 Å². The summed E-state index contributed by atoms with van der Waals surface area (Å²) >= 11 is 0. The van der Waals surface area contributed by atoms with Crippen LogP contribution in [0.25, 0.3) is 0 Å². The van der Waals surface area contributed by atoms with E-state index in [1.54, 1.807) is 0 Å². The van der Waals surface area contributed by atoms with Crippen LogP contribution in [-0.4, -0.2) is 30.7 Å². The number of ether oxygens (including phenoxy) is 2. The second-order valence-corrected chi connectivity index (χ2v) is 5.99. The zero-order chi connectivity index (χ0) is 14.8. The number of rotatable bonds is 2. The van der Waals surface area contributed by atoms with E-state index in [2.05, 4.69) is 53.4 Å². The molecule has 0 amide bonds. The van der Waals surface area contributed by atoms with E-state index in [0.717, 1.165) is 38.5 Å². The summed E-state index contributed by atoms with van der Waals surface area (Å²) in [4.78, 5) is 2.55. The van der Waals surface area contributed by atoms with Crippen molar-refractivity contribution < 1.29 is 9.47 Å². The van der Waals surface area contributed by atoms with Crippen molar-refractivity contribution in [3.63, 3.8) is 0 Å². The first kappa shape index (κ1) is 13.8. The molecular weight excluding hydrogens is 274 g/mol. The molecule has 0 spiro atoms. The van der Waals surface area contributed by atoms with Gasteiger partial charge in [-0.2, -0.15) is 0 Å². The van der Waals surface area contributed by atoms with Crippen LogP contribution in [0.15, 0.2) is 54.6 Å². The van der Waals surface area contributed by atoms with Gasteiger partial charge in [-0.1, -0.05) is 48.5 Å². The predicted octanol–water partition coefficient (Wildman–Crippen LogP) is 3.41. The highest BCUT2D eigenvalue weighted by Crippen LogP contribution is 2.38. The van der Waals surface area contributed by atoms with Gasteiger partial charge < -0.3 is 9.47 Å². The topological polar surface area (TPSA) is 21.7 Å². The van der Waals surface area contributed by atoms with Crippen molar-refractivity contribution in [2.75, 3.05) is 19.8 Å². The summed E-state index contributed by atoms with van der Waals surface area (Å²) in [5.74, 6) is 0.983. The van der Waals surface area contributed by atoms with Crippen LogP contribution in [0.5, 0.6) is 5.75 Å². The van der Waals surface area contributed by atoms with Crippen molar-refractivity contribution >= 4 is 0 Å². The van der Waals surface area contributed by atoms with Gasteiger partial charge in [0, 0.05) is 24.7 Å². The molecule has 0 radical (unpaired) electrons. The lowest BCUT2D eigenvalue weighted by Crippen LogP contribution is -2.46. The molecule has 4 rings (SSSR count). The third kappa shape index (κ3) is 2.62. The number of fused-ring (bicyclic) bond motifs is 3. The zero-order valence-corrected chi connectivity index (χ0v) is 12.7. The normalized spacial score (nSPS) is 24.7. The fraction of sp³-hybridized carbons (Fsp3) is 0.368. The average molecular weight is 295 g/mol. The van der Waals surface area contributed by atoms with Gasteiger partial charge in [0.15, 0.2) is 0 Å². The van der Waals surface area contributed by atoms with Crippen LogP contribution in [0, 0.1) is 0 Å². The number of morpholine rings is 1. The highest BCUT2D eigenvalue weighted by Gasteiger charge is 2.36. The van der Waals surface area contributed by atoms with Crippen molar-refractivity contribution in [1.29, 1.82) is 0 Å². The van der Waals surface area contributed by atoms with Crippen molar-refractivity contribution in [2.24, 2.45) is 0 Å². The Morgan fingerprint density at radius 1 is 0.955 bits per heavy atom. The molecule has 2 aliphatic rings. The second-order valence-electron chi connectivity index (χ2n) is 5.99. The predicted molar refractivity (Wildman–Crippen MR) is 85.9 cm³/mol. The van der Waals surface area contributed by atoms with Gasteiger partial charge in [0.25, 0.3) is 0 Å².